The van der Waals surface area contributed by atoms with Crippen LogP contribution in [0, 0.1) is 0 Å². The summed E-state index contributed by atoms with van der Waals surface area (Å²) in [7, 11) is 0. The Bertz CT molecular complexity index is 660. The van der Waals surface area contributed by atoms with Crippen molar-refractivity contribution in [1.29, 1.82) is 0 Å². The van der Waals surface area contributed by atoms with Crippen LogP contribution in [0.5, 0.6) is 0 Å². The third-order valence-electron chi connectivity index (χ3n) is 4.96. The Morgan fingerprint density at radius 3 is 1.04 bits per heavy atom. The third kappa shape index (κ3) is 3.59. The standard InChI is InChI=1S/C24H26/c1-3-23(19-11-7-5-8-12-19)21-15-17-22(18-16-21)24(4-2)20-13-9-6-10-14-20/h5-18,23-24H,3-4H2,1-2H3. The molecule has 0 aliphatic heterocycles. The van der Waals surface area contributed by atoms with E-state index in [2.05, 4.69) is 98.8 Å². The fourth-order valence-electron chi connectivity index (χ4n) is 3.66. The van der Waals surface area contributed by atoms with E-state index < -0.39 is 0 Å². The van der Waals surface area contributed by atoms with Crippen LogP contribution >= 0.6 is 0 Å². The number of hydrogen-bond acceptors (Lipinski definition) is 0. The molecule has 24 heavy (non-hydrogen) atoms. The summed E-state index contributed by atoms with van der Waals surface area (Å²) in [6, 6.07) is 30.9. The first-order valence-corrected chi connectivity index (χ1v) is 9.03. The molecule has 3 rings (SSSR count). The highest BCUT2D eigenvalue weighted by molar-refractivity contribution is 5.38. The Kier molecular flexibility index (Phi) is 5.48. The zero-order chi connectivity index (χ0) is 16.8. The van der Waals surface area contributed by atoms with E-state index in [1.807, 2.05) is 0 Å². The van der Waals surface area contributed by atoms with Crippen molar-refractivity contribution in [1.82, 2.24) is 0 Å². The summed E-state index contributed by atoms with van der Waals surface area (Å²) >= 11 is 0. The van der Waals surface area contributed by atoms with Crippen LogP contribution in [0.4, 0.5) is 0 Å². The summed E-state index contributed by atoms with van der Waals surface area (Å²) in [6.45, 7) is 4.54. The van der Waals surface area contributed by atoms with Gasteiger partial charge in [0.25, 0.3) is 0 Å². The average Bonchev–Trinajstić information content (AvgIpc) is 2.66. The summed E-state index contributed by atoms with van der Waals surface area (Å²) in [5.74, 6) is 0.967. The summed E-state index contributed by atoms with van der Waals surface area (Å²) in [6.07, 6.45) is 2.25. The average molecular weight is 314 g/mol. The second kappa shape index (κ2) is 7.97. The monoisotopic (exact) mass is 314 g/mol. The summed E-state index contributed by atoms with van der Waals surface area (Å²) < 4.78 is 0. The van der Waals surface area contributed by atoms with Crippen molar-refractivity contribution in [2.24, 2.45) is 0 Å². The Labute approximate surface area is 146 Å². The fourth-order valence-corrected chi connectivity index (χ4v) is 3.66. The normalized spacial score (nSPS) is 13.4. The molecular weight excluding hydrogens is 288 g/mol. The van der Waals surface area contributed by atoms with Crippen LogP contribution in [0.25, 0.3) is 0 Å². The zero-order valence-electron chi connectivity index (χ0n) is 14.7. The molecule has 122 valence electrons. The lowest BCUT2D eigenvalue weighted by Gasteiger charge is -2.19. The van der Waals surface area contributed by atoms with Crippen molar-refractivity contribution in [2.75, 3.05) is 0 Å². The third-order valence-corrected chi connectivity index (χ3v) is 4.96. The SMILES string of the molecule is CCC(c1ccccc1)c1ccc(C(CC)c2ccccc2)cc1. The maximum atomic E-state index is 2.32. The van der Waals surface area contributed by atoms with Gasteiger partial charge < -0.3 is 0 Å². The quantitative estimate of drug-likeness (QED) is 0.471. The first-order valence-electron chi connectivity index (χ1n) is 9.03. The van der Waals surface area contributed by atoms with E-state index in [0.717, 1.165) is 12.8 Å². The van der Waals surface area contributed by atoms with Crippen molar-refractivity contribution in [2.45, 2.75) is 38.5 Å². The van der Waals surface area contributed by atoms with E-state index in [4.69, 9.17) is 0 Å². The Balaban J connectivity index is 1.87. The molecule has 0 heteroatoms. The van der Waals surface area contributed by atoms with Crippen molar-refractivity contribution >= 4 is 0 Å². The van der Waals surface area contributed by atoms with Gasteiger partial charge in [0.15, 0.2) is 0 Å². The van der Waals surface area contributed by atoms with E-state index in [1.54, 1.807) is 0 Å². The molecule has 0 saturated heterocycles. The molecule has 0 heterocycles. The van der Waals surface area contributed by atoms with E-state index in [9.17, 15) is 0 Å². The van der Waals surface area contributed by atoms with E-state index in [0.29, 0.717) is 11.8 Å². The number of benzene rings is 3. The maximum Gasteiger partial charge on any atom is 0.00867 e. The van der Waals surface area contributed by atoms with Crippen molar-refractivity contribution < 1.29 is 0 Å². The van der Waals surface area contributed by atoms with Crippen LogP contribution in [-0.2, 0) is 0 Å². The lowest BCUT2D eigenvalue weighted by atomic mass is 9.85. The molecule has 0 bridgehead atoms. The number of rotatable bonds is 6. The van der Waals surface area contributed by atoms with Gasteiger partial charge in [-0.25, -0.2) is 0 Å². The van der Waals surface area contributed by atoms with Gasteiger partial charge in [0.2, 0.25) is 0 Å². The molecule has 0 aliphatic rings. The van der Waals surface area contributed by atoms with Crippen LogP contribution < -0.4 is 0 Å². The maximum absolute atomic E-state index is 2.32. The van der Waals surface area contributed by atoms with Crippen molar-refractivity contribution in [3.8, 4) is 0 Å². The second-order valence-electron chi connectivity index (χ2n) is 6.41. The summed E-state index contributed by atoms with van der Waals surface area (Å²) in [5, 5.41) is 0. The van der Waals surface area contributed by atoms with Crippen molar-refractivity contribution in [3.63, 3.8) is 0 Å². The van der Waals surface area contributed by atoms with Crippen LogP contribution in [0.15, 0.2) is 84.9 Å². The van der Waals surface area contributed by atoms with Gasteiger partial charge >= 0.3 is 0 Å². The summed E-state index contributed by atoms with van der Waals surface area (Å²) in [5.41, 5.74) is 5.64. The molecule has 0 amide bonds. The Morgan fingerprint density at radius 2 is 0.750 bits per heavy atom. The molecule has 0 spiro atoms. The van der Waals surface area contributed by atoms with Gasteiger partial charge in [0.05, 0.1) is 0 Å². The van der Waals surface area contributed by atoms with Gasteiger partial charge in [-0.05, 0) is 35.1 Å². The smallest absolute Gasteiger partial charge is 0.00867 e. The van der Waals surface area contributed by atoms with Crippen LogP contribution in [0.1, 0.15) is 60.8 Å². The van der Waals surface area contributed by atoms with Crippen LogP contribution in [0.2, 0.25) is 0 Å². The predicted octanol–water partition coefficient (Wildman–Crippen LogP) is 6.77. The lowest BCUT2D eigenvalue weighted by Crippen LogP contribution is -2.02. The molecular formula is C24H26. The highest BCUT2D eigenvalue weighted by Crippen LogP contribution is 2.31. The van der Waals surface area contributed by atoms with E-state index >= 15 is 0 Å². The van der Waals surface area contributed by atoms with Gasteiger partial charge in [-0.1, -0.05) is 98.8 Å². The fraction of sp³-hybridized carbons (Fsp3) is 0.250. The topological polar surface area (TPSA) is 0 Å². The molecule has 0 N–H and O–H groups in total. The van der Waals surface area contributed by atoms with E-state index in [-0.39, 0.29) is 0 Å². The van der Waals surface area contributed by atoms with Gasteiger partial charge in [-0.2, -0.15) is 0 Å². The zero-order valence-corrected chi connectivity index (χ0v) is 14.7. The first-order chi connectivity index (χ1) is 11.8. The minimum absolute atomic E-state index is 0.483. The highest BCUT2D eigenvalue weighted by atomic mass is 14.2. The van der Waals surface area contributed by atoms with Gasteiger partial charge in [0.1, 0.15) is 0 Å². The molecule has 0 aliphatic carbocycles. The summed E-state index contributed by atoms with van der Waals surface area (Å²) in [4.78, 5) is 0. The largest absolute Gasteiger partial charge is 0.0645 e. The molecule has 0 nitrogen and oxygen atoms in total. The molecule has 0 radical (unpaired) electrons. The molecule has 2 atom stereocenters. The highest BCUT2D eigenvalue weighted by Gasteiger charge is 2.14. The molecule has 0 fully saturated rings. The first kappa shape index (κ1) is 16.5. The molecule has 3 aromatic carbocycles. The van der Waals surface area contributed by atoms with Gasteiger partial charge in [0, 0.05) is 11.8 Å². The van der Waals surface area contributed by atoms with Crippen LogP contribution in [-0.4, -0.2) is 0 Å². The molecule has 3 aromatic rings. The molecule has 2 unspecified atom stereocenters. The Morgan fingerprint density at radius 1 is 0.458 bits per heavy atom. The Hall–Kier alpha value is -2.34. The minimum atomic E-state index is 0.483. The molecule has 0 aromatic heterocycles. The van der Waals surface area contributed by atoms with Crippen LogP contribution in [0.3, 0.4) is 0 Å². The van der Waals surface area contributed by atoms with Crippen molar-refractivity contribution in [3.05, 3.63) is 107 Å². The van der Waals surface area contributed by atoms with Gasteiger partial charge in [-0.3, -0.25) is 0 Å². The molecule has 0 saturated carbocycles. The van der Waals surface area contributed by atoms with Gasteiger partial charge in [-0.15, -0.1) is 0 Å². The van der Waals surface area contributed by atoms with E-state index in [1.165, 1.54) is 22.3 Å². The lowest BCUT2D eigenvalue weighted by molar-refractivity contribution is 0.762. The number of hydrogen-bond donors (Lipinski definition) is 0. The minimum Gasteiger partial charge on any atom is -0.0645 e. The predicted molar refractivity (Wildman–Crippen MR) is 104 cm³/mol. The second-order valence-corrected chi connectivity index (χ2v) is 6.41.